The minimum atomic E-state index is -0.244. The highest BCUT2D eigenvalue weighted by Crippen LogP contribution is 2.17. The molecular weight excluding hydrogens is 344 g/mol. The van der Waals surface area contributed by atoms with Crippen molar-refractivity contribution in [1.29, 1.82) is 0 Å². The molecule has 0 atom stereocenters. The number of carbonyl (C=O) groups excluding carboxylic acids is 1. The van der Waals surface area contributed by atoms with Gasteiger partial charge in [0.1, 0.15) is 18.0 Å². The first-order valence-electron chi connectivity index (χ1n) is 8.94. The molecule has 0 unspecified atom stereocenters. The first-order chi connectivity index (χ1) is 12.8. The van der Waals surface area contributed by atoms with E-state index in [0.29, 0.717) is 24.2 Å². The van der Waals surface area contributed by atoms with Crippen molar-refractivity contribution in [1.82, 2.24) is 20.0 Å². The van der Waals surface area contributed by atoms with Crippen molar-refractivity contribution in [3.63, 3.8) is 0 Å². The summed E-state index contributed by atoms with van der Waals surface area (Å²) in [5, 5.41) is 6.79. The second-order valence-electron chi connectivity index (χ2n) is 6.92. The largest absolute Gasteiger partial charge is 0.361 e. The third kappa shape index (κ3) is 3.77. The van der Waals surface area contributed by atoms with E-state index in [1.54, 1.807) is 6.92 Å². The Hall–Kier alpha value is -2.96. The number of nitrogens with one attached hydrogen (secondary N) is 1. The SMILES string of the molecule is Cc1cc2nc(C)c(=O)n(CC(=O)NCCc3c(C)noc3C)c2cc1C. The van der Waals surface area contributed by atoms with E-state index in [2.05, 4.69) is 15.5 Å². The minimum Gasteiger partial charge on any atom is -0.361 e. The lowest BCUT2D eigenvalue weighted by Gasteiger charge is -2.13. The number of aromatic nitrogens is 3. The summed E-state index contributed by atoms with van der Waals surface area (Å²) in [5.74, 6) is 0.550. The predicted octanol–water partition coefficient (Wildman–Crippen LogP) is 2.29. The van der Waals surface area contributed by atoms with Gasteiger partial charge in [-0.3, -0.25) is 14.2 Å². The van der Waals surface area contributed by atoms with Crippen LogP contribution >= 0.6 is 0 Å². The van der Waals surface area contributed by atoms with Crippen LogP contribution in [0.25, 0.3) is 11.0 Å². The van der Waals surface area contributed by atoms with Crippen LogP contribution in [-0.2, 0) is 17.8 Å². The molecule has 1 amide bonds. The summed E-state index contributed by atoms with van der Waals surface area (Å²) in [6, 6.07) is 3.86. The lowest BCUT2D eigenvalue weighted by Crippen LogP contribution is -2.34. The van der Waals surface area contributed by atoms with Gasteiger partial charge in [-0.2, -0.15) is 0 Å². The fraction of sp³-hybridized carbons (Fsp3) is 0.400. The molecule has 3 rings (SSSR count). The molecule has 0 aliphatic carbocycles. The highest BCUT2D eigenvalue weighted by Gasteiger charge is 2.14. The lowest BCUT2D eigenvalue weighted by molar-refractivity contribution is -0.121. The Kier molecular flexibility index (Phi) is 5.12. The highest BCUT2D eigenvalue weighted by atomic mass is 16.5. The average Bonchev–Trinajstić information content (AvgIpc) is 2.93. The third-order valence-corrected chi connectivity index (χ3v) is 4.90. The number of aryl methyl sites for hydroxylation is 5. The van der Waals surface area contributed by atoms with Gasteiger partial charge < -0.3 is 9.84 Å². The Morgan fingerprint density at radius 2 is 1.81 bits per heavy atom. The molecule has 0 spiro atoms. The van der Waals surface area contributed by atoms with E-state index in [1.165, 1.54) is 4.57 Å². The summed E-state index contributed by atoms with van der Waals surface area (Å²) in [7, 11) is 0. The zero-order valence-corrected chi connectivity index (χ0v) is 16.3. The molecule has 0 bridgehead atoms. The molecule has 0 aliphatic heterocycles. The molecule has 2 heterocycles. The summed E-state index contributed by atoms with van der Waals surface area (Å²) in [6.45, 7) is 9.80. The van der Waals surface area contributed by atoms with Crippen LogP contribution in [0, 0.1) is 34.6 Å². The average molecular weight is 368 g/mol. The van der Waals surface area contributed by atoms with E-state index < -0.39 is 0 Å². The number of benzene rings is 1. The third-order valence-electron chi connectivity index (χ3n) is 4.90. The van der Waals surface area contributed by atoms with Gasteiger partial charge in [0.15, 0.2) is 0 Å². The minimum absolute atomic E-state index is 0.0389. The standard InChI is InChI=1S/C20H24N4O3/c1-11-8-17-18(9-12(11)2)24(20(26)14(4)22-17)10-19(25)21-7-6-16-13(3)23-27-15(16)5/h8-9H,6-7,10H2,1-5H3,(H,21,25). The number of amides is 1. The van der Waals surface area contributed by atoms with Gasteiger partial charge in [0.2, 0.25) is 5.91 Å². The molecular formula is C20H24N4O3. The molecule has 0 aliphatic rings. The van der Waals surface area contributed by atoms with Crippen LogP contribution in [0.1, 0.15) is 33.8 Å². The molecule has 142 valence electrons. The van der Waals surface area contributed by atoms with E-state index in [0.717, 1.165) is 33.7 Å². The molecule has 7 heteroatoms. The molecule has 1 N–H and O–H groups in total. The van der Waals surface area contributed by atoms with Crippen molar-refractivity contribution in [3.05, 3.63) is 56.3 Å². The van der Waals surface area contributed by atoms with Gasteiger partial charge in [-0.25, -0.2) is 4.98 Å². The summed E-state index contributed by atoms with van der Waals surface area (Å²) in [4.78, 5) is 29.4. The first-order valence-corrected chi connectivity index (χ1v) is 8.94. The van der Waals surface area contributed by atoms with Crippen LogP contribution in [0.2, 0.25) is 0 Å². The second-order valence-corrected chi connectivity index (χ2v) is 6.92. The Morgan fingerprint density at radius 1 is 1.11 bits per heavy atom. The summed E-state index contributed by atoms with van der Waals surface area (Å²) in [6.07, 6.45) is 0.635. The number of fused-ring (bicyclic) bond motifs is 1. The van der Waals surface area contributed by atoms with Crippen LogP contribution in [-0.4, -0.2) is 27.2 Å². The maximum absolute atomic E-state index is 12.6. The predicted molar refractivity (Wildman–Crippen MR) is 103 cm³/mol. The highest BCUT2D eigenvalue weighted by molar-refractivity contribution is 5.81. The Morgan fingerprint density at radius 3 is 2.48 bits per heavy atom. The molecule has 1 aromatic carbocycles. The van der Waals surface area contributed by atoms with Gasteiger partial charge in [-0.15, -0.1) is 0 Å². The van der Waals surface area contributed by atoms with Crippen molar-refractivity contribution >= 4 is 16.9 Å². The molecule has 0 saturated heterocycles. The lowest BCUT2D eigenvalue weighted by atomic mass is 10.1. The molecule has 27 heavy (non-hydrogen) atoms. The van der Waals surface area contributed by atoms with Crippen molar-refractivity contribution < 1.29 is 9.32 Å². The number of carbonyl (C=O) groups is 1. The fourth-order valence-corrected chi connectivity index (χ4v) is 3.17. The molecule has 3 aromatic rings. The van der Waals surface area contributed by atoms with Crippen LogP contribution < -0.4 is 10.9 Å². The second kappa shape index (κ2) is 7.34. The van der Waals surface area contributed by atoms with E-state index in [4.69, 9.17) is 4.52 Å². The van der Waals surface area contributed by atoms with E-state index in [9.17, 15) is 9.59 Å². The van der Waals surface area contributed by atoms with E-state index in [-0.39, 0.29) is 18.0 Å². The van der Waals surface area contributed by atoms with Crippen LogP contribution in [0.4, 0.5) is 0 Å². The zero-order chi connectivity index (χ0) is 19.7. The molecule has 7 nitrogen and oxygen atoms in total. The number of nitrogens with zero attached hydrogens (tertiary/aromatic N) is 3. The van der Waals surface area contributed by atoms with Crippen molar-refractivity contribution in [3.8, 4) is 0 Å². The maximum Gasteiger partial charge on any atom is 0.272 e. The van der Waals surface area contributed by atoms with Crippen LogP contribution in [0.15, 0.2) is 21.5 Å². The van der Waals surface area contributed by atoms with Gasteiger partial charge >= 0.3 is 0 Å². The van der Waals surface area contributed by atoms with Gasteiger partial charge in [-0.1, -0.05) is 5.16 Å². The van der Waals surface area contributed by atoms with Crippen LogP contribution in [0.3, 0.4) is 0 Å². The molecule has 0 radical (unpaired) electrons. The number of rotatable bonds is 5. The Bertz CT molecular complexity index is 1060. The quantitative estimate of drug-likeness (QED) is 0.746. The van der Waals surface area contributed by atoms with E-state index >= 15 is 0 Å². The van der Waals surface area contributed by atoms with Gasteiger partial charge in [0.05, 0.1) is 16.7 Å². The van der Waals surface area contributed by atoms with Gasteiger partial charge in [0, 0.05) is 12.1 Å². The molecule has 2 aromatic heterocycles. The van der Waals surface area contributed by atoms with Crippen molar-refractivity contribution in [2.45, 2.75) is 47.6 Å². The van der Waals surface area contributed by atoms with Crippen molar-refractivity contribution in [2.24, 2.45) is 0 Å². The zero-order valence-electron chi connectivity index (χ0n) is 16.3. The first kappa shape index (κ1) is 18.8. The smallest absolute Gasteiger partial charge is 0.272 e. The van der Waals surface area contributed by atoms with Gasteiger partial charge in [0.25, 0.3) is 5.56 Å². The van der Waals surface area contributed by atoms with Crippen molar-refractivity contribution in [2.75, 3.05) is 6.54 Å². The summed E-state index contributed by atoms with van der Waals surface area (Å²) >= 11 is 0. The molecule has 0 saturated carbocycles. The Balaban J connectivity index is 1.79. The topological polar surface area (TPSA) is 90.0 Å². The Labute approximate surface area is 157 Å². The summed E-state index contributed by atoms with van der Waals surface area (Å²) < 4.78 is 6.63. The number of hydrogen-bond donors (Lipinski definition) is 1. The fourth-order valence-electron chi connectivity index (χ4n) is 3.17. The number of hydrogen-bond acceptors (Lipinski definition) is 5. The summed E-state index contributed by atoms with van der Waals surface area (Å²) in [5.41, 5.74) is 5.53. The maximum atomic E-state index is 12.6. The van der Waals surface area contributed by atoms with Crippen LogP contribution in [0.5, 0.6) is 0 Å². The van der Waals surface area contributed by atoms with Gasteiger partial charge in [-0.05, 0) is 64.3 Å². The van der Waals surface area contributed by atoms with E-state index in [1.807, 2.05) is 39.8 Å². The molecule has 0 fully saturated rings. The normalized spacial score (nSPS) is 11.1. The monoisotopic (exact) mass is 368 g/mol.